The van der Waals surface area contributed by atoms with E-state index in [0.717, 1.165) is 11.4 Å². The van der Waals surface area contributed by atoms with Gasteiger partial charge in [0, 0.05) is 11.8 Å². The number of hydrogen-bond donors (Lipinski definition) is 1. The fraction of sp³-hybridized carbons (Fsp3) is 0.312. The van der Waals surface area contributed by atoms with Crippen molar-refractivity contribution in [2.24, 2.45) is 5.92 Å². The minimum Gasteiger partial charge on any atom is -0.266 e. The zero-order valence-corrected chi connectivity index (χ0v) is 14.9. The first kappa shape index (κ1) is 18.1. The largest absolute Gasteiger partial charge is 0.284 e. The summed E-state index contributed by atoms with van der Waals surface area (Å²) in [6, 6.07) is 8.31. The van der Waals surface area contributed by atoms with Crippen molar-refractivity contribution in [2.75, 3.05) is 0 Å². The summed E-state index contributed by atoms with van der Waals surface area (Å²) in [7, 11) is -3.91. The predicted octanol–water partition coefficient (Wildman–Crippen LogP) is 2.47. The van der Waals surface area contributed by atoms with E-state index >= 15 is 0 Å². The van der Waals surface area contributed by atoms with Crippen LogP contribution in [-0.2, 0) is 22.2 Å². The van der Waals surface area contributed by atoms with E-state index in [1.807, 2.05) is 24.6 Å². The van der Waals surface area contributed by atoms with Crippen LogP contribution < -0.4 is 4.72 Å². The molecule has 0 atom stereocenters. The molecule has 0 spiro atoms. The molecule has 126 valence electrons. The standard InChI is InChI=1S/C16H17N3O3S2/c1-11(2)7-15-18-14(9-23-15)16(20)19-24(21,22)10-13-6-4-3-5-12(13)8-17/h3-6,9,11H,7,10H2,1-2H3,(H,19,20). The molecule has 1 N–H and O–H groups in total. The molecule has 0 radical (unpaired) electrons. The molecule has 0 saturated carbocycles. The second-order valence-corrected chi connectivity index (χ2v) is 8.35. The quantitative estimate of drug-likeness (QED) is 0.850. The first-order chi connectivity index (χ1) is 11.3. The van der Waals surface area contributed by atoms with Crippen LogP contribution in [0.15, 0.2) is 29.6 Å². The molecule has 1 aromatic carbocycles. The Morgan fingerprint density at radius 1 is 1.38 bits per heavy atom. The van der Waals surface area contributed by atoms with Gasteiger partial charge in [-0.2, -0.15) is 5.26 Å². The van der Waals surface area contributed by atoms with Gasteiger partial charge in [0.25, 0.3) is 5.91 Å². The average Bonchev–Trinajstić information content (AvgIpc) is 2.94. The topological polar surface area (TPSA) is 99.9 Å². The molecule has 2 rings (SSSR count). The van der Waals surface area contributed by atoms with Crippen LogP contribution in [0.5, 0.6) is 0 Å². The van der Waals surface area contributed by atoms with Crippen LogP contribution in [0.2, 0.25) is 0 Å². The van der Waals surface area contributed by atoms with Crippen molar-refractivity contribution in [2.45, 2.75) is 26.0 Å². The Bertz CT molecular complexity index is 880. The van der Waals surface area contributed by atoms with E-state index in [4.69, 9.17) is 5.26 Å². The van der Waals surface area contributed by atoms with Crippen LogP contribution in [0.1, 0.15) is 40.5 Å². The van der Waals surface area contributed by atoms with Crippen molar-refractivity contribution in [3.8, 4) is 6.07 Å². The molecule has 6 nitrogen and oxygen atoms in total. The number of rotatable bonds is 6. The summed E-state index contributed by atoms with van der Waals surface area (Å²) < 4.78 is 26.3. The van der Waals surface area contributed by atoms with Gasteiger partial charge in [0.2, 0.25) is 10.0 Å². The monoisotopic (exact) mass is 363 g/mol. The lowest BCUT2D eigenvalue weighted by atomic mass is 10.1. The van der Waals surface area contributed by atoms with Crippen LogP contribution in [-0.4, -0.2) is 19.3 Å². The Balaban J connectivity index is 2.10. The molecular weight excluding hydrogens is 346 g/mol. The number of sulfonamides is 1. The van der Waals surface area contributed by atoms with E-state index in [9.17, 15) is 13.2 Å². The second kappa shape index (κ2) is 7.55. The smallest absolute Gasteiger partial charge is 0.266 e. The van der Waals surface area contributed by atoms with E-state index < -0.39 is 21.7 Å². The minimum absolute atomic E-state index is 0.0905. The number of hydrogen-bond acceptors (Lipinski definition) is 6. The maximum absolute atomic E-state index is 12.2. The molecule has 0 saturated heterocycles. The lowest BCUT2D eigenvalue weighted by molar-refractivity contribution is 0.0977. The summed E-state index contributed by atoms with van der Waals surface area (Å²) in [5.74, 6) is -0.792. The maximum atomic E-state index is 12.2. The van der Waals surface area contributed by atoms with Crippen molar-refractivity contribution in [1.29, 1.82) is 5.26 Å². The van der Waals surface area contributed by atoms with Gasteiger partial charge in [-0.25, -0.2) is 18.1 Å². The van der Waals surface area contributed by atoms with E-state index in [-0.39, 0.29) is 11.3 Å². The number of aromatic nitrogens is 1. The molecule has 1 amide bonds. The summed E-state index contributed by atoms with van der Waals surface area (Å²) in [6.45, 7) is 4.08. The SMILES string of the molecule is CC(C)Cc1nc(C(=O)NS(=O)(=O)Cc2ccccc2C#N)cs1. The van der Waals surface area contributed by atoms with E-state index in [0.29, 0.717) is 11.5 Å². The van der Waals surface area contributed by atoms with Crippen LogP contribution in [0.25, 0.3) is 0 Å². The normalized spacial score (nSPS) is 11.2. The molecule has 0 fully saturated rings. The lowest BCUT2D eigenvalue weighted by Gasteiger charge is -2.07. The third-order valence-corrected chi connectivity index (χ3v) is 5.16. The molecule has 1 aromatic heterocycles. The fourth-order valence-electron chi connectivity index (χ4n) is 2.05. The number of nitrogens with one attached hydrogen (secondary N) is 1. The van der Waals surface area contributed by atoms with Crippen LogP contribution in [0.4, 0.5) is 0 Å². The highest BCUT2D eigenvalue weighted by molar-refractivity contribution is 7.89. The third kappa shape index (κ3) is 4.88. The van der Waals surface area contributed by atoms with Gasteiger partial charge in [-0.15, -0.1) is 11.3 Å². The molecule has 8 heteroatoms. The Morgan fingerprint density at radius 3 is 2.75 bits per heavy atom. The molecule has 0 aliphatic carbocycles. The third-order valence-electron chi connectivity index (χ3n) is 3.10. The summed E-state index contributed by atoms with van der Waals surface area (Å²) in [4.78, 5) is 16.3. The van der Waals surface area contributed by atoms with Gasteiger partial charge < -0.3 is 0 Å². The van der Waals surface area contributed by atoms with Crippen LogP contribution >= 0.6 is 11.3 Å². The van der Waals surface area contributed by atoms with Gasteiger partial charge in [0.05, 0.1) is 22.4 Å². The molecule has 24 heavy (non-hydrogen) atoms. The highest BCUT2D eigenvalue weighted by atomic mass is 32.2. The fourth-order valence-corrected chi connectivity index (χ4v) is 4.16. The number of benzene rings is 1. The van der Waals surface area contributed by atoms with Gasteiger partial charge in [0.1, 0.15) is 5.69 Å². The molecule has 0 aliphatic rings. The maximum Gasteiger partial charge on any atom is 0.284 e. The Kier molecular flexibility index (Phi) is 5.70. The van der Waals surface area contributed by atoms with Gasteiger partial charge >= 0.3 is 0 Å². The summed E-state index contributed by atoms with van der Waals surface area (Å²) in [5.41, 5.74) is 0.704. The highest BCUT2D eigenvalue weighted by Crippen LogP contribution is 2.15. The van der Waals surface area contributed by atoms with Crippen molar-refractivity contribution in [3.05, 3.63) is 51.5 Å². The Morgan fingerprint density at radius 2 is 2.08 bits per heavy atom. The molecule has 0 unspecified atom stereocenters. The van der Waals surface area contributed by atoms with Crippen molar-refractivity contribution >= 4 is 27.3 Å². The Labute approximate surface area is 145 Å². The molecule has 1 heterocycles. The second-order valence-electron chi connectivity index (χ2n) is 5.68. The van der Waals surface area contributed by atoms with Gasteiger partial charge in [-0.1, -0.05) is 32.0 Å². The number of nitriles is 1. The number of carbonyl (C=O) groups is 1. The van der Waals surface area contributed by atoms with Crippen molar-refractivity contribution in [3.63, 3.8) is 0 Å². The summed E-state index contributed by atoms with van der Waals surface area (Å²) in [5, 5.41) is 11.4. The zero-order chi connectivity index (χ0) is 17.7. The van der Waals surface area contributed by atoms with Crippen molar-refractivity contribution in [1.82, 2.24) is 9.71 Å². The average molecular weight is 363 g/mol. The van der Waals surface area contributed by atoms with Gasteiger partial charge in [0.15, 0.2) is 0 Å². The molecule has 0 aliphatic heterocycles. The summed E-state index contributed by atoms with van der Waals surface area (Å²) in [6.07, 6.45) is 0.736. The predicted molar refractivity (Wildman–Crippen MR) is 91.9 cm³/mol. The first-order valence-electron chi connectivity index (χ1n) is 7.28. The van der Waals surface area contributed by atoms with Crippen LogP contribution in [0, 0.1) is 17.2 Å². The summed E-state index contributed by atoms with van der Waals surface area (Å²) >= 11 is 1.33. The molecule has 0 bridgehead atoms. The zero-order valence-electron chi connectivity index (χ0n) is 13.3. The molecule has 2 aromatic rings. The number of nitrogens with zero attached hydrogens (tertiary/aromatic N) is 2. The highest BCUT2D eigenvalue weighted by Gasteiger charge is 2.20. The Hall–Kier alpha value is -2.24. The van der Waals surface area contributed by atoms with E-state index in [1.165, 1.54) is 17.4 Å². The molecular formula is C16H17N3O3S2. The lowest BCUT2D eigenvalue weighted by Crippen LogP contribution is -2.32. The first-order valence-corrected chi connectivity index (χ1v) is 9.81. The van der Waals surface area contributed by atoms with E-state index in [1.54, 1.807) is 23.6 Å². The van der Waals surface area contributed by atoms with E-state index in [2.05, 4.69) is 4.98 Å². The van der Waals surface area contributed by atoms with Crippen LogP contribution in [0.3, 0.4) is 0 Å². The van der Waals surface area contributed by atoms with Crippen molar-refractivity contribution < 1.29 is 13.2 Å². The number of amides is 1. The number of thiazole rings is 1. The van der Waals surface area contributed by atoms with Gasteiger partial charge in [-0.3, -0.25) is 4.79 Å². The number of carbonyl (C=O) groups excluding carboxylic acids is 1. The minimum atomic E-state index is -3.91. The van der Waals surface area contributed by atoms with Gasteiger partial charge in [-0.05, 0) is 17.5 Å².